The van der Waals surface area contributed by atoms with Crippen LogP contribution in [0.3, 0.4) is 0 Å². The number of benzene rings is 2. The van der Waals surface area contributed by atoms with Gasteiger partial charge in [-0.1, -0.05) is 43.4 Å². The SMILES string of the molecule is [2H]C(Nc1cc(Cl)c2ncc(C#N)c(NC[Si](C)(C)C)c2c1)(C1=CN(C2CC2)NN1)c1ccc(F)cc1. The first-order valence-electron chi connectivity index (χ1n) is 12.4. The minimum atomic E-state index is -1.49. The maximum Gasteiger partial charge on any atom is 0.123 e. The summed E-state index contributed by atoms with van der Waals surface area (Å²) < 4.78 is 23.3. The molecule has 1 aromatic heterocycles. The van der Waals surface area contributed by atoms with Gasteiger partial charge in [-0.05, 0) is 42.7 Å². The predicted molar refractivity (Wildman–Crippen MR) is 145 cm³/mol. The summed E-state index contributed by atoms with van der Waals surface area (Å²) in [6, 6.07) is 10.6. The number of pyridine rings is 1. The zero-order valence-corrected chi connectivity index (χ0v) is 22.2. The summed E-state index contributed by atoms with van der Waals surface area (Å²) in [4.78, 5) is 4.44. The molecule has 4 N–H and O–H groups in total. The third kappa shape index (κ3) is 5.26. The van der Waals surface area contributed by atoms with Gasteiger partial charge in [0.05, 0.1) is 42.9 Å². The second-order valence-corrected chi connectivity index (χ2v) is 16.2. The molecule has 2 aromatic carbocycles. The molecular formula is C26H29ClFN7Si. The van der Waals surface area contributed by atoms with E-state index in [0.717, 1.165) is 19.0 Å². The van der Waals surface area contributed by atoms with Crippen molar-refractivity contribution in [2.45, 2.75) is 44.5 Å². The zero-order chi connectivity index (χ0) is 26.4. The van der Waals surface area contributed by atoms with Crippen LogP contribution in [0.25, 0.3) is 10.9 Å². The van der Waals surface area contributed by atoms with Crippen LogP contribution in [-0.4, -0.2) is 30.3 Å². The van der Waals surface area contributed by atoms with Crippen molar-refractivity contribution in [2.24, 2.45) is 0 Å². The van der Waals surface area contributed by atoms with Gasteiger partial charge in [0.15, 0.2) is 0 Å². The number of halogens is 2. The lowest BCUT2D eigenvalue weighted by atomic mass is 10.0. The van der Waals surface area contributed by atoms with Gasteiger partial charge in [0, 0.05) is 35.7 Å². The molecule has 2 aliphatic rings. The lowest BCUT2D eigenvalue weighted by molar-refractivity contribution is 0.260. The molecule has 5 rings (SSSR count). The molecule has 10 heteroatoms. The van der Waals surface area contributed by atoms with Gasteiger partial charge in [0.25, 0.3) is 0 Å². The van der Waals surface area contributed by atoms with Crippen molar-refractivity contribution in [3.05, 3.63) is 76.5 Å². The second kappa shape index (κ2) is 9.62. The first kappa shape index (κ1) is 23.1. The Morgan fingerprint density at radius 2 is 2.06 bits per heavy atom. The largest absolute Gasteiger partial charge is 0.386 e. The number of hydrogen-bond donors (Lipinski definition) is 4. The normalized spacial score (nSPS) is 17.6. The second-order valence-electron chi connectivity index (χ2n) is 10.4. The molecule has 3 aromatic rings. The van der Waals surface area contributed by atoms with Crippen molar-refractivity contribution in [1.29, 1.82) is 5.26 Å². The summed E-state index contributed by atoms with van der Waals surface area (Å²) in [5.41, 5.74) is 9.58. The Balaban J connectivity index is 1.60. The van der Waals surface area contributed by atoms with E-state index >= 15 is 0 Å². The minimum absolute atomic E-state index is 0.376. The van der Waals surface area contributed by atoms with E-state index in [1.165, 1.54) is 18.3 Å². The van der Waals surface area contributed by atoms with Crippen LogP contribution < -0.4 is 21.6 Å². The van der Waals surface area contributed by atoms with Gasteiger partial charge in [-0.25, -0.2) is 4.39 Å². The Kier molecular flexibility index (Phi) is 6.17. The molecule has 1 unspecified atom stereocenters. The van der Waals surface area contributed by atoms with Gasteiger partial charge in [-0.15, -0.1) is 5.53 Å². The molecule has 0 saturated heterocycles. The van der Waals surface area contributed by atoms with Crippen LogP contribution in [0.1, 0.15) is 31.4 Å². The number of anilines is 2. The van der Waals surface area contributed by atoms with Gasteiger partial charge in [-0.3, -0.25) is 9.99 Å². The highest BCUT2D eigenvalue weighted by molar-refractivity contribution is 6.76. The molecular weight excluding hydrogens is 493 g/mol. The molecule has 1 saturated carbocycles. The van der Waals surface area contributed by atoms with Crippen molar-refractivity contribution in [2.75, 3.05) is 16.8 Å². The van der Waals surface area contributed by atoms with Crippen LogP contribution in [0.15, 0.2) is 54.5 Å². The third-order valence-corrected chi connectivity index (χ3v) is 7.57. The van der Waals surface area contributed by atoms with E-state index in [0.29, 0.717) is 50.2 Å². The Morgan fingerprint density at radius 3 is 2.72 bits per heavy atom. The summed E-state index contributed by atoms with van der Waals surface area (Å²) in [6.07, 6.45) is 6.34. The monoisotopic (exact) mass is 522 g/mol. The van der Waals surface area contributed by atoms with Crippen molar-refractivity contribution in [1.82, 2.24) is 21.0 Å². The van der Waals surface area contributed by atoms with Crippen LogP contribution in [0, 0.1) is 17.1 Å². The molecule has 0 spiro atoms. The summed E-state index contributed by atoms with van der Waals surface area (Å²) in [6.45, 7) is 6.73. The van der Waals surface area contributed by atoms with E-state index in [4.69, 9.17) is 11.6 Å². The molecule has 1 fully saturated rings. The van der Waals surface area contributed by atoms with Gasteiger partial charge in [0.1, 0.15) is 11.9 Å². The zero-order valence-electron chi connectivity index (χ0n) is 21.4. The average molecular weight is 523 g/mol. The fourth-order valence-electron chi connectivity index (χ4n) is 4.02. The summed E-state index contributed by atoms with van der Waals surface area (Å²) >= 11 is 6.68. The molecule has 0 bridgehead atoms. The van der Waals surface area contributed by atoms with E-state index < -0.39 is 14.1 Å². The molecule has 7 nitrogen and oxygen atoms in total. The molecule has 0 amide bonds. The number of fused-ring (bicyclic) bond motifs is 1. The molecule has 186 valence electrons. The van der Waals surface area contributed by atoms with E-state index in [1.54, 1.807) is 18.2 Å². The van der Waals surface area contributed by atoms with Crippen LogP contribution in [0.5, 0.6) is 0 Å². The number of nitriles is 1. The molecule has 0 radical (unpaired) electrons. The summed E-state index contributed by atoms with van der Waals surface area (Å²) in [5.74, 6) is -0.376. The smallest absolute Gasteiger partial charge is 0.123 e. The summed E-state index contributed by atoms with van der Waals surface area (Å²) in [5, 5.41) is 19.6. The standard InChI is InChI=1S/C26H29ClFN7Si/c1-36(2,3)15-31-24-17(12-29)13-30-26-21(24)10-19(11-22(26)27)32-25(16-4-6-18(28)7-5-16)23-14-35(34-33-23)20-8-9-20/h4-7,10-11,13-14,20,25,32-34H,8-9,15H2,1-3H3,(H,30,31)/i25D. The fraction of sp³-hybridized carbons (Fsp3) is 0.308. The number of hydrazine groups is 2. The Bertz CT molecular complexity index is 1420. The summed E-state index contributed by atoms with van der Waals surface area (Å²) in [7, 11) is -1.48. The highest BCUT2D eigenvalue weighted by Crippen LogP contribution is 2.36. The number of aromatic nitrogens is 1. The Labute approximate surface area is 217 Å². The number of nitrogens with one attached hydrogen (secondary N) is 4. The lowest BCUT2D eigenvalue weighted by Gasteiger charge is -2.23. The molecule has 1 aliphatic carbocycles. The van der Waals surface area contributed by atoms with E-state index in [1.807, 2.05) is 17.3 Å². The van der Waals surface area contributed by atoms with Crippen LogP contribution in [0.4, 0.5) is 15.8 Å². The highest BCUT2D eigenvalue weighted by Gasteiger charge is 2.32. The number of hydrogen-bond acceptors (Lipinski definition) is 7. The van der Waals surface area contributed by atoms with E-state index in [9.17, 15) is 11.0 Å². The van der Waals surface area contributed by atoms with Gasteiger partial charge in [0.2, 0.25) is 0 Å². The predicted octanol–water partition coefficient (Wildman–Crippen LogP) is 5.67. The van der Waals surface area contributed by atoms with E-state index in [2.05, 4.69) is 52.3 Å². The fourth-order valence-corrected chi connectivity index (χ4v) is 5.00. The van der Waals surface area contributed by atoms with Crippen molar-refractivity contribution in [3.63, 3.8) is 0 Å². The highest BCUT2D eigenvalue weighted by atomic mass is 35.5. The number of nitrogens with zero attached hydrogens (tertiary/aromatic N) is 3. The van der Waals surface area contributed by atoms with Crippen molar-refractivity contribution >= 4 is 42.0 Å². The topological polar surface area (TPSA) is 88.0 Å². The Hall–Kier alpha value is -3.32. The third-order valence-electron chi connectivity index (χ3n) is 6.04. The quantitative estimate of drug-likeness (QED) is 0.283. The molecule has 1 aliphatic heterocycles. The molecule has 1 atom stereocenters. The van der Waals surface area contributed by atoms with Crippen LogP contribution in [-0.2, 0) is 0 Å². The first-order valence-corrected chi connectivity index (χ1v) is 16.0. The van der Waals surface area contributed by atoms with Crippen molar-refractivity contribution < 1.29 is 5.76 Å². The molecule has 36 heavy (non-hydrogen) atoms. The van der Waals surface area contributed by atoms with Crippen molar-refractivity contribution in [3.8, 4) is 6.07 Å². The van der Waals surface area contributed by atoms with Crippen LogP contribution in [0.2, 0.25) is 24.7 Å². The lowest BCUT2D eigenvalue weighted by Crippen LogP contribution is -2.38. The maximum absolute atomic E-state index is 13.8. The van der Waals surface area contributed by atoms with Gasteiger partial charge in [-0.2, -0.15) is 5.26 Å². The Morgan fingerprint density at radius 1 is 1.31 bits per heavy atom. The molecule has 2 heterocycles. The van der Waals surface area contributed by atoms with E-state index in [-0.39, 0.29) is 5.82 Å². The first-order chi connectivity index (χ1) is 17.6. The van der Waals surface area contributed by atoms with Gasteiger partial charge >= 0.3 is 0 Å². The maximum atomic E-state index is 13.8. The number of rotatable bonds is 8. The average Bonchev–Trinajstić information content (AvgIpc) is 3.58. The van der Waals surface area contributed by atoms with Gasteiger partial charge < -0.3 is 16.1 Å². The minimum Gasteiger partial charge on any atom is -0.386 e. The van der Waals surface area contributed by atoms with Crippen LogP contribution >= 0.6 is 11.6 Å².